The minimum atomic E-state index is -4.52. The first-order chi connectivity index (χ1) is 17.9. The van der Waals surface area contributed by atoms with Gasteiger partial charge in [0.05, 0.1) is 0 Å². The Morgan fingerprint density at radius 2 is 1.00 bits per heavy atom. The summed E-state index contributed by atoms with van der Waals surface area (Å²) in [5, 5.41) is 1.47. The Hall–Kier alpha value is -2.19. The maximum absolute atomic E-state index is 13.1. The predicted molar refractivity (Wildman–Crippen MR) is 160 cm³/mol. The van der Waals surface area contributed by atoms with Gasteiger partial charge in [-0.1, -0.05) is 6.92 Å². The fourth-order valence-corrected chi connectivity index (χ4v) is 8.99. The summed E-state index contributed by atoms with van der Waals surface area (Å²) >= 11 is 0. The van der Waals surface area contributed by atoms with Gasteiger partial charge in [0.2, 0.25) is 0 Å². The molecule has 3 nitrogen and oxygen atoms in total. The zero-order valence-corrected chi connectivity index (χ0v) is 24.3. The first-order valence-corrected chi connectivity index (χ1v) is 16.2. The molecular weight excluding hydrogens is 475 g/mol. The predicted octanol–water partition coefficient (Wildman–Crippen LogP) is 8.87. The molecule has 3 aromatic rings. The number of aryl methyl sites for hydroxylation is 3. The van der Waals surface area contributed by atoms with Crippen LogP contribution < -0.4 is 15.1 Å². The van der Waals surface area contributed by atoms with E-state index in [0.717, 1.165) is 40.1 Å². The van der Waals surface area contributed by atoms with E-state index in [4.69, 9.17) is 9.05 Å². The van der Waals surface area contributed by atoms with Crippen LogP contribution in [0.3, 0.4) is 0 Å². The van der Waals surface area contributed by atoms with Crippen LogP contribution in [0.15, 0.2) is 72.8 Å². The first kappa shape index (κ1) is 29.4. The molecular formula is C33H47O3P. The Bertz CT molecular complexity index is 1060. The molecule has 4 heteroatoms. The first-order valence-electron chi connectivity index (χ1n) is 14.2. The fraction of sp³-hybridized carbons (Fsp3) is 0.455. The topological polar surface area (TPSA) is 38.7 Å². The third kappa shape index (κ3) is 7.44. The number of rotatable bonds is 16. The van der Waals surface area contributed by atoms with Crippen molar-refractivity contribution in [2.45, 2.75) is 91.9 Å². The van der Waals surface area contributed by atoms with Crippen molar-refractivity contribution in [1.29, 1.82) is 0 Å². The van der Waals surface area contributed by atoms with E-state index in [2.05, 4.69) is 6.92 Å². The van der Waals surface area contributed by atoms with E-state index < -0.39 is 7.28 Å². The zero-order chi connectivity index (χ0) is 26.6. The Labute approximate surface area is 225 Å². The van der Waals surface area contributed by atoms with Crippen LogP contribution in [0.2, 0.25) is 0 Å². The SMILES string of the molecule is CCCCCCCCCCCCOP(O)(Oc1ccccc1C)(c1ccccc1C)c1ccccc1C. The van der Waals surface area contributed by atoms with Gasteiger partial charge in [-0.25, -0.2) is 0 Å². The second kappa shape index (κ2) is 14.1. The van der Waals surface area contributed by atoms with E-state index in [-0.39, 0.29) is 0 Å². The molecule has 0 atom stereocenters. The summed E-state index contributed by atoms with van der Waals surface area (Å²) in [7, 11) is -4.52. The van der Waals surface area contributed by atoms with Gasteiger partial charge in [0.25, 0.3) is 0 Å². The third-order valence-corrected chi connectivity index (χ3v) is 11.2. The second-order valence-electron chi connectivity index (χ2n) is 10.4. The van der Waals surface area contributed by atoms with E-state index in [1.807, 2.05) is 93.6 Å². The van der Waals surface area contributed by atoms with Gasteiger partial charge in [-0.3, -0.25) is 0 Å². The molecule has 202 valence electrons. The van der Waals surface area contributed by atoms with Crippen molar-refractivity contribution in [3.63, 3.8) is 0 Å². The van der Waals surface area contributed by atoms with E-state index in [1.54, 1.807) is 0 Å². The van der Waals surface area contributed by atoms with Gasteiger partial charge in [-0.2, -0.15) is 0 Å². The van der Waals surface area contributed by atoms with E-state index in [1.165, 1.54) is 51.4 Å². The summed E-state index contributed by atoms with van der Waals surface area (Å²) < 4.78 is 13.6. The molecule has 1 N–H and O–H groups in total. The van der Waals surface area contributed by atoms with E-state index in [9.17, 15) is 4.89 Å². The molecule has 0 saturated carbocycles. The summed E-state index contributed by atoms with van der Waals surface area (Å²) in [4.78, 5) is 13.1. The van der Waals surface area contributed by atoms with Crippen LogP contribution in [-0.2, 0) is 4.52 Å². The molecule has 0 aliphatic rings. The summed E-state index contributed by atoms with van der Waals surface area (Å²) in [6.45, 7) is 8.76. The molecule has 0 bridgehead atoms. The third-order valence-electron chi connectivity index (χ3n) is 7.27. The second-order valence-corrected chi connectivity index (χ2v) is 13.6. The monoisotopic (exact) mass is 522 g/mol. The molecule has 0 fully saturated rings. The molecule has 37 heavy (non-hydrogen) atoms. The van der Waals surface area contributed by atoms with Gasteiger partial charge in [-0.05, 0) is 0 Å². The summed E-state index contributed by atoms with van der Waals surface area (Å²) in [6.07, 6.45) is 12.5. The van der Waals surface area contributed by atoms with Gasteiger partial charge in [0, 0.05) is 0 Å². The number of hydrogen-bond donors (Lipinski definition) is 1. The maximum atomic E-state index is 13.1. The molecule has 3 rings (SSSR count). The van der Waals surface area contributed by atoms with Gasteiger partial charge >= 0.3 is 219 Å². The molecule has 0 spiro atoms. The molecule has 0 heterocycles. The van der Waals surface area contributed by atoms with Crippen LogP contribution >= 0.6 is 7.28 Å². The number of unbranched alkanes of at least 4 members (excludes halogenated alkanes) is 9. The van der Waals surface area contributed by atoms with Crippen LogP contribution in [0.25, 0.3) is 0 Å². The van der Waals surface area contributed by atoms with Crippen LogP contribution in [0.5, 0.6) is 5.75 Å². The molecule has 0 radical (unpaired) electrons. The zero-order valence-electron chi connectivity index (χ0n) is 23.4. The van der Waals surface area contributed by atoms with Crippen LogP contribution in [0.1, 0.15) is 87.8 Å². The standard InChI is InChI=1S/C33H47O3P/c1-5-6-7-8-9-10-11-12-13-20-27-35-37(34,32-25-18-15-22-29(32)3,33-26-19-16-23-30(33)4)36-31-24-17-14-21-28(31)2/h14-19,21-26,34H,5-13,20,27H2,1-4H3. The van der Waals surface area contributed by atoms with Gasteiger partial charge in [0.15, 0.2) is 0 Å². The van der Waals surface area contributed by atoms with Crippen molar-refractivity contribution < 1.29 is 13.9 Å². The average molecular weight is 523 g/mol. The molecule has 0 amide bonds. The molecule has 3 aromatic carbocycles. The Kier molecular flexibility index (Phi) is 11.2. The fourth-order valence-electron chi connectivity index (χ4n) is 5.07. The van der Waals surface area contributed by atoms with Crippen LogP contribution in [-0.4, -0.2) is 11.5 Å². The van der Waals surface area contributed by atoms with Crippen molar-refractivity contribution >= 4 is 17.9 Å². The van der Waals surface area contributed by atoms with Crippen LogP contribution in [0.4, 0.5) is 0 Å². The average Bonchev–Trinajstić information content (AvgIpc) is 2.89. The van der Waals surface area contributed by atoms with Crippen molar-refractivity contribution in [3.8, 4) is 5.75 Å². The normalized spacial score (nSPS) is 12.7. The Balaban J connectivity index is 1.84. The molecule has 0 aliphatic carbocycles. The molecule has 0 aliphatic heterocycles. The Morgan fingerprint density at radius 3 is 1.49 bits per heavy atom. The van der Waals surface area contributed by atoms with E-state index >= 15 is 0 Å². The molecule has 0 aromatic heterocycles. The van der Waals surface area contributed by atoms with Crippen molar-refractivity contribution in [2.24, 2.45) is 0 Å². The van der Waals surface area contributed by atoms with Crippen LogP contribution in [0, 0.1) is 20.8 Å². The quantitative estimate of drug-likeness (QED) is 0.151. The minimum absolute atomic E-state index is 0.444. The van der Waals surface area contributed by atoms with E-state index in [0.29, 0.717) is 12.4 Å². The molecule has 0 saturated heterocycles. The Morgan fingerprint density at radius 1 is 0.568 bits per heavy atom. The van der Waals surface area contributed by atoms with Gasteiger partial charge < -0.3 is 0 Å². The number of benzene rings is 3. The van der Waals surface area contributed by atoms with Crippen molar-refractivity contribution in [2.75, 3.05) is 6.61 Å². The van der Waals surface area contributed by atoms with Crippen molar-refractivity contribution in [3.05, 3.63) is 89.5 Å². The van der Waals surface area contributed by atoms with Gasteiger partial charge in [-0.15, -0.1) is 0 Å². The van der Waals surface area contributed by atoms with Gasteiger partial charge in [0.1, 0.15) is 0 Å². The molecule has 0 unspecified atom stereocenters. The summed E-state index contributed by atoms with van der Waals surface area (Å²) in [5.74, 6) is 0.650. The van der Waals surface area contributed by atoms with Crippen molar-refractivity contribution in [1.82, 2.24) is 0 Å². The number of para-hydroxylation sites is 1. The summed E-state index contributed by atoms with van der Waals surface area (Å²) in [5.41, 5.74) is 2.89. The summed E-state index contributed by atoms with van der Waals surface area (Å²) in [6, 6.07) is 23.8. The number of hydrogen-bond acceptors (Lipinski definition) is 3.